The lowest BCUT2D eigenvalue weighted by atomic mass is 10.0. The van der Waals surface area contributed by atoms with Crippen molar-refractivity contribution in [1.29, 1.82) is 0 Å². The summed E-state index contributed by atoms with van der Waals surface area (Å²) in [5.41, 5.74) is 8.05. The van der Waals surface area contributed by atoms with Crippen molar-refractivity contribution in [3.05, 3.63) is 64.9 Å². The highest BCUT2D eigenvalue weighted by atomic mass is 35.5. The van der Waals surface area contributed by atoms with Gasteiger partial charge in [-0.2, -0.15) is 0 Å². The Morgan fingerprint density at radius 1 is 1.12 bits per heavy atom. The molecule has 2 aromatic rings. The maximum absolute atomic E-state index is 6.10. The molecule has 0 saturated carbocycles. The van der Waals surface area contributed by atoms with Gasteiger partial charge in [-0.05, 0) is 17.7 Å². The highest BCUT2D eigenvalue weighted by molar-refractivity contribution is 6.31. The van der Waals surface area contributed by atoms with Gasteiger partial charge >= 0.3 is 0 Å². The van der Waals surface area contributed by atoms with Crippen LogP contribution in [0, 0.1) is 0 Å². The first-order valence-corrected chi connectivity index (χ1v) is 5.55. The summed E-state index contributed by atoms with van der Waals surface area (Å²) in [5.74, 6) is 0. The van der Waals surface area contributed by atoms with Crippen LogP contribution in [-0.2, 0) is 6.42 Å². The molecule has 2 rings (SSSR count). The number of benzene rings is 1. The van der Waals surface area contributed by atoms with E-state index in [0.29, 0.717) is 11.4 Å². The Morgan fingerprint density at radius 3 is 2.56 bits per heavy atom. The highest BCUT2D eigenvalue weighted by Crippen LogP contribution is 2.19. The standard InChI is InChI=1S/C13H13ClN2/c14-11-7-4-8-16-13(11)9-12(15)10-5-2-1-3-6-10/h1-8,12H,9,15H2. The minimum atomic E-state index is -0.0615. The summed E-state index contributed by atoms with van der Waals surface area (Å²) in [4.78, 5) is 4.23. The van der Waals surface area contributed by atoms with E-state index in [1.54, 1.807) is 6.20 Å². The minimum Gasteiger partial charge on any atom is -0.324 e. The maximum Gasteiger partial charge on any atom is 0.0622 e. The van der Waals surface area contributed by atoms with Crippen LogP contribution in [0.2, 0.25) is 5.02 Å². The molecule has 0 aliphatic heterocycles. The van der Waals surface area contributed by atoms with Crippen LogP contribution in [0.25, 0.3) is 0 Å². The molecular weight excluding hydrogens is 220 g/mol. The van der Waals surface area contributed by atoms with Gasteiger partial charge in [0.1, 0.15) is 0 Å². The second kappa shape index (κ2) is 5.10. The van der Waals surface area contributed by atoms with Gasteiger partial charge in [0.2, 0.25) is 0 Å². The lowest BCUT2D eigenvalue weighted by Gasteiger charge is -2.12. The van der Waals surface area contributed by atoms with E-state index in [4.69, 9.17) is 17.3 Å². The molecule has 2 nitrogen and oxygen atoms in total. The van der Waals surface area contributed by atoms with Crippen LogP contribution >= 0.6 is 11.6 Å². The van der Waals surface area contributed by atoms with Gasteiger partial charge in [0, 0.05) is 18.7 Å². The van der Waals surface area contributed by atoms with Crippen LogP contribution in [0.15, 0.2) is 48.7 Å². The predicted octanol–water partition coefficient (Wildman–Crippen LogP) is 2.98. The molecule has 0 aliphatic rings. The third-order valence-electron chi connectivity index (χ3n) is 2.48. The molecule has 0 aliphatic carbocycles. The summed E-state index contributed by atoms with van der Waals surface area (Å²) in [6.45, 7) is 0. The molecule has 1 aromatic carbocycles. The Balaban J connectivity index is 2.14. The zero-order chi connectivity index (χ0) is 11.4. The van der Waals surface area contributed by atoms with Crippen molar-refractivity contribution in [2.24, 2.45) is 5.73 Å². The summed E-state index contributed by atoms with van der Waals surface area (Å²) >= 11 is 6.04. The number of hydrogen-bond acceptors (Lipinski definition) is 2. The normalized spacial score (nSPS) is 12.4. The SMILES string of the molecule is NC(Cc1ncccc1Cl)c1ccccc1. The van der Waals surface area contributed by atoms with E-state index < -0.39 is 0 Å². The maximum atomic E-state index is 6.10. The molecular formula is C13H13ClN2. The first-order chi connectivity index (χ1) is 7.77. The molecule has 0 spiro atoms. The lowest BCUT2D eigenvalue weighted by Crippen LogP contribution is -2.14. The molecule has 0 fully saturated rings. The van der Waals surface area contributed by atoms with Crippen LogP contribution in [0.3, 0.4) is 0 Å². The van der Waals surface area contributed by atoms with Crippen molar-refractivity contribution in [2.75, 3.05) is 0 Å². The van der Waals surface area contributed by atoms with Crippen LogP contribution in [0.5, 0.6) is 0 Å². The number of nitrogens with zero attached hydrogens (tertiary/aromatic N) is 1. The third-order valence-corrected chi connectivity index (χ3v) is 2.82. The summed E-state index contributed by atoms with van der Waals surface area (Å²) in [5, 5.41) is 0.675. The number of rotatable bonds is 3. The number of nitrogens with two attached hydrogens (primary N) is 1. The minimum absolute atomic E-state index is 0.0615. The predicted molar refractivity (Wildman–Crippen MR) is 66.3 cm³/mol. The molecule has 1 aromatic heterocycles. The molecule has 1 heterocycles. The van der Waals surface area contributed by atoms with E-state index in [-0.39, 0.29) is 6.04 Å². The quantitative estimate of drug-likeness (QED) is 0.884. The van der Waals surface area contributed by atoms with Crippen molar-refractivity contribution >= 4 is 11.6 Å². The lowest BCUT2D eigenvalue weighted by molar-refractivity contribution is 0.707. The van der Waals surface area contributed by atoms with E-state index in [9.17, 15) is 0 Å². The number of pyridine rings is 1. The molecule has 82 valence electrons. The van der Waals surface area contributed by atoms with E-state index in [1.165, 1.54) is 0 Å². The summed E-state index contributed by atoms with van der Waals surface area (Å²) in [6, 6.07) is 13.6. The highest BCUT2D eigenvalue weighted by Gasteiger charge is 2.09. The number of hydrogen-bond donors (Lipinski definition) is 1. The largest absolute Gasteiger partial charge is 0.324 e. The Labute approximate surface area is 100 Å². The summed E-state index contributed by atoms with van der Waals surface area (Å²) < 4.78 is 0. The van der Waals surface area contributed by atoms with E-state index >= 15 is 0 Å². The van der Waals surface area contributed by atoms with Crippen molar-refractivity contribution < 1.29 is 0 Å². The van der Waals surface area contributed by atoms with E-state index in [0.717, 1.165) is 11.3 Å². The van der Waals surface area contributed by atoms with Crippen LogP contribution in [0.4, 0.5) is 0 Å². The van der Waals surface area contributed by atoms with Gasteiger partial charge < -0.3 is 5.73 Å². The smallest absolute Gasteiger partial charge is 0.0622 e. The monoisotopic (exact) mass is 232 g/mol. The van der Waals surface area contributed by atoms with Crippen LogP contribution < -0.4 is 5.73 Å². The van der Waals surface area contributed by atoms with Gasteiger partial charge in [-0.15, -0.1) is 0 Å². The first-order valence-electron chi connectivity index (χ1n) is 5.17. The van der Waals surface area contributed by atoms with Gasteiger partial charge in [-0.25, -0.2) is 0 Å². The Kier molecular flexibility index (Phi) is 3.54. The Hall–Kier alpha value is -1.38. The molecule has 0 amide bonds. The molecule has 3 heteroatoms. The summed E-state index contributed by atoms with van der Waals surface area (Å²) in [6.07, 6.45) is 2.39. The molecule has 0 radical (unpaired) electrons. The average Bonchev–Trinajstić information content (AvgIpc) is 2.33. The van der Waals surface area contributed by atoms with Crippen molar-refractivity contribution in [1.82, 2.24) is 4.98 Å². The van der Waals surface area contributed by atoms with Crippen molar-refractivity contribution in [3.8, 4) is 0 Å². The third kappa shape index (κ3) is 2.60. The first kappa shape index (κ1) is 11.1. The van der Waals surface area contributed by atoms with Gasteiger partial charge in [0.05, 0.1) is 10.7 Å². The average molecular weight is 233 g/mol. The van der Waals surface area contributed by atoms with Crippen molar-refractivity contribution in [3.63, 3.8) is 0 Å². The second-order valence-electron chi connectivity index (χ2n) is 3.65. The Bertz CT molecular complexity index is 456. The Morgan fingerprint density at radius 2 is 1.88 bits per heavy atom. The van der Waals surface area contributed by atoms with Gasteiger partial charge in [0.15, 0.2) is 0 Å². The zero-order valence-electron chi connectivity index (χ0n) is 8.81. The van der Waals surface area contributed by atoms with Crippen LogP contribution in [0.1, 0.15) is 17.3 Å². The molecule has 0 saturated heterocycles. The molecule has 1 atom stereocenters. The molecule has 0 bridgehead atoms. The van der Waals surface area contributed by atoms with Gasteiger partial charge in [0.25, 0.3) is 0 Å². The van der Waals surface area contributed by atoms with Crippen LogP contribution in [-0.4, -0.2) is 4.98 Å². The number of halogens is 1. The van der Waals surface area contributed by atoms with E-state index in [2.05, 4.69) is 4.98 Å². The number of aromatic nitrogens is 1. The van der Waals surface area contributed by atoms with Gasteiger partial charge in [-0.3, -0.25) is 4.98 Å². The zero-order valence-corrected chi connectivity index (χ0v) is 9.56. The fourth-order valence-corrected chi connectivity index (χ4v) is 1.79. The molecule has 16 heavy (non-hydrogen) atoms. The fraction of sp³-hybridized carbons (Fsp3) is 0.154. The topological polar surface area (TPSA) is 38.9 Å². The fourth-order valence-electron chi connectivity index (χ4n) is 1.59. The van der Waals surface area contributed by atoms with Crippen molar-refractivity contribution in [2.45, 2.75) is 12.5 Å². The van der Waals surface area contributed by atoms with E-state index in [1.807, 2.05) is 42.5 Å². The summed E-state index contributed by atoms with van der Waals surface area (Å²) in [7, 11) is 0. The van der Waals surface area contributed by atoms with Gasteiger partial charge in [-0.1, -0.05) is 41.9 Å². The second-order valence-corrected chi connectivity index (χ2v) is 4.06. The molecule has 1 unspecified atom stereocenters. The molecule has 2 N–H and O–H groups in total.